The molecule has 0 aliphatic carbocycles. The van der Waals surface area contributed by atoms with Crippen molar-refractivity contribution < 1.29 is 0 Å². The van der Waals surface area contributed by atoms with Crippen LogP contribution in [0.5, 0.6) is 0 Å². The van der Waals surface area contributed by atoms with Crippen molar-refractivity contribution in [2.45, 2.75) is 32.9 Å². The van der Waals surface area contributed by atoms with Crippen LogP contribution in [-0.4, -0.2) is 18.6 Å². The minimum absolute atomic E-state index is 0.453. The van der Waals surface area contributed by atoms with Gasteiger partial charge in [0.15, 0.2) is 0 Å². The third-order valence-electron chi connectivity index (χ3n) is 3.76. The van der Waals surface area contributed by atoms with Crippen LogP contribution in [0.2, 0.25) is 0 Å². The van der Waals surface area contributed by atoms with E-state index in [1.165, 1.54) is 16.8 Å². The molecular formula is C18H25N3. The second kappa shape index (κ2) is 7.79. The van der Waals surface area contributed by atoms with E-state index in [-0.39, 0.29) is 0 Å². The first kappa shape index (κ1) is 15.5. The van der Waals surface area contributed by atoms with Gasteiger partial charge in [0, 0.05) is 37.7 Å². The molecule has 0 radical (unpaired) electrons. The fourth-order valence-electron chi connectivity index (χ4n) is 2.56. The Labute approximate surface area is 128 Å². The number of benzene rings is 1. The molecule has 1 atom stereocenters. The number of rotatable bonds is 7. The highest BCUT2D eigenvalue weighted by molar-refractivity contribution is 5.47. The summed E-state index contributed by atoms with van der Waals surface area (Å²) in [5.41, 5.74) is 3.87. The van der Waals surface area contributed by atoms with Gasteiger partial charge in [0.1, 0.15) is 0 Å². The third-order valence-corrected chi connectivity index (χ3v) is 3.76. The van der Waals surface area contributed by atoms with E-state index in [4.69, 9.17) is 0 Å². The fraction of sp³-hybridized carbons (Fsp3) is 0.389. The Hall–Kier alpha value is -1.87. The normalized spacial score (nSPS) is 12.1. The summed E-state index contributed by atoms with van der Waals surface area (Å²) in [7, 11) is 2.12. The third kappa shape index (κ3) is 4.30. The Morgan fingerprint density at radius 2 is 1.71 bits per heavy atom. The first-order valence-electron chi connectivity index (χ1n) is 7.68. The zero-order chi connectivity index (χ0) is 15.1. The molecule has 0 aliphatic rings. The van der Waals surface area contributed by atoms with Crippen molar-refractivity contribution in [3.05, 3.63) is 59.9 Å². The number of hydrogen-bond acceptors (Lipinski definition) is 3. The summed E-state index contributed by atoms with van der Waals surface area (Å²) in [6.07, 6.45) is 4.79. The van der Waals surface area contributed by atoms with Crippen molar-refractivity contribution in [3.63, 3.8) is 0 Å². The maximum atomic E-state index is 4.06. The summed E-state index contributed by atoms with van der Waals surface area (Å²) in [6, 6.07) is 13.4. The Morgan fingerprint density at radius 3 is 2.29 bits per heavy atom. The topological polar surface area (TPSA) is 28.2 Å². The van der Waals surface area contributed by atoms with Crippen LogP contribution in [0, 0.1) is 0 Å². The first-order valence-corrected chi connectivity index (χ1v) is 7.68. The molecule has 1 aromatic heterocycles. The molecule has 0 bridgehead atoms. The molecule has 0 aliphatic heterocycles. The smallest absolute Gasteiger partial charge is 0.0427 e. The Kier molecular flexibility index (Phi) is 5.76. The van der Waals surface area contributed by atoms with Gasteiger partial charge in [0.05, 0.1) is 0 Å². The monoisotopic (exact) mass is 283 g/mol. The second-order valence-corrected chi connectivity index (χ2v) is 5.32. The van der Waals surface area contributed by atoms with Gasteiger partial charge in [-0.1, -0.05) is 26.0 Å². The highest BCUT2D eigenvalue weighted by Gasteiger charge is 2.08. The van der Waals surface area contributed by atoms with Crippen LogP contribution in [0.25, 0.3) is 0 Å². The van der Waals surface area contributed by atoms with E-state index in [2.05, 4.69) is 72.5 Å². The lowest BCUT2D eigenvalue weighted by Crippen LogP contribution is -2.20. The van der Waals surface area contributed by atoms with Gasteiger partial charge in [-0.15, -0.1) is 0 Å². The Morgan fingerprint density at radius 1 is 1.05 bits per heavy atom. The second-order valence-electron chi connectivity index (χ2n) is 5.32. The number of hydrogen-bond donors (Lipinski definition) is 1. The van der Waals surface area contributed by atoms with E-state index in [0.29, 0.717) is 6.04 Å². The SMILES string of the molecule is CCNC(CC)c1ccc(N(C)Cc2ccncc2)cc1. The molecular weight excluding hydrogens is 258 g/mol. The summed E-state index contributed by atoms with van der Waals surface area (Å²) in [5, 5.41) is 3.52. The van der Waals surface area contributed by atoms with Crippen LogP contribution < -0.4 is 10.2 Å². The van der Waals surface area contributed by atoms with Crippen LogP contribution in [0.3, 0.4) is 0 Å². The van der Waals surface area contributed by atoms with Gasteiger partial charge in [-0.3, -0.25) is 4.98 Å². The molecule has 3 nitrogen and oxygen atoms in total. The van der Waals surface area contributed by atoms with E-state index in [9.17, 15) is 0 Å². The van der Waals surface area contributed by atoms with Crippen LogP contribution in [0.15, 0.2) is 48.8 Å². The van der Waals surface area contributed by atoms with Gasteiger partial charge in [-0.05, 0) is 48.4 Å². The molecule has 3 heteroatoms. The molecule has 0 saturated heterocycles. The van der Waals surface area contributed by atoms with Gasteiger partial charge in [-0.25, -0.2) is 0 Å². The average Bonchev–Trinajstić information content (AvgIpc) is 2.54. The quantitative estimate of drug-likeness (QED) is 0.838. The van der Waals surface area contributed by atoms with Crippen molar-refractivity contribution >= 4 is 5.69 Å². The molecule has 1 aromatic carbocycles. The van der Waals surface area contributed by atoms with Gasteiger partial charge < -0.3 is 10.2 Å². The molecule has 1 heterocycles. The fourth-order valence-corrected chi connectivity index (χ4v) is 2.56. The molecule has 0 saturated carbocycles. The van der Waals surface area contributed by atoms with Crippen molar-refractivity contribution in [1.82, 2.24) is 10.3 Å². The highest BCUT2D eigenvalue weighted by Crippen LogP contribution is 2.21. The molecule has 0 fully saturated rings. The molecule has 1 unspecified atom stereocenters. The van der Waals surface area contributed by atoms with Crippen molar-refractivity contribution in [3.8, 4) is 0 Å². The number of aromatic nitrogens is 1. The standard InChI is InChI=1S/C18H25N3/c1-4-18(20-5-2)16-6-8-17(9-7-16)21(3)14-15-10-12-19-13-11-15/h6-13,18,20H,4-5,14H2,1-3H3. The number of pyridine rings is 1. The van der Waals surface area contributed by atoms with Gasteiger partial charge in [0.25, 0.3) is 0 Å². The Bertz CT molecular complexity index is 522. The summed E-state index contributed by atoms with van der Waals surface area (Å²) < 4.78 is 0. The average molecular weight is 283 g/mol. The first-order chi connectivity index (χ1) is 10.2. The van der Waals surface area contributed by atoms with Crippen LogP contribution in [0.4, 0.5) is 5.69 Å². The zero-order valence-electron chi connectivity index (χ0n) is 13.2. The lowest BCUT2D eigenvalue weighted by atomic mass is 10.0. The van der Waals surface area contributed by atoms with E-state index in [0.717, 1.165) is 19.5 Å². The summed E-state index contributed by atoms with van der Waals surface area (Å²) >= 11 is 0. The molecule has 2 aromatic rings. The maximum absolute atomic E-state index is 4.06. The predicted octanol–water partition coefficient (Wildman–Crippen LogP) is 3.78. The molecule has 112 valence electrons. The highest BCUT2D eigenvalue weighted by atomic mass is 15.1. The molecule has 0 spiro atoms. The van der Waals surface area contributed by atoms with Crippen molar-refractivity contribution in [2.75, 3.05) is 18.5 Å². The minimum Gasteiger partial charge on any atom is -0.370 e. The zero-order valence-corrected chi connectivity index (χ0v) is 13.2. The summed E-state index contributed by atoms with van der Waals surface area (Å²) in [4.78, 5) is 6.32. The molecule has 21 heavy (non-hydrogen) atoms. The van der Waals surface area contributed by atoms with E-state index in [1.807, 2.05) is 12.4 Å². The summed E-state index contributed by atoms with van der Waals surface area (Å²) in [6.45, 7) is 6.27. The summed E-state index contributed by atoms with van der Waals surface area (Å²) in [5.74, 6) is 0. The lowest BCUT2D eigenvalue weighted by molar-refractivity contribution is 0.537. The largest absolute Gasteiger partial charge is 0.370 e. The number of nitrogens with zero attached hydrogens (tertiary/aromatic N) is 2. The minimum atomic E-state index is 0.453. The molecule has 0 amide bonds. The van der Waals surface area contributed by atoms with Crippen molar-refractivity contribution in [1.29, 1.82) is 0 Å². The van der Waals surface area contributed by atoms with E-state index in [1.54, 1.807) is 0 Å². The van der Waals surface area contributed by atoms with E-state index >= 15 is 0 Å². The predicted molar refractivity (Wildman–Crippen MR) is 89.5 cm³/mol. The number of nitrogens with one attached hydrogen (secondary N) is 1. The van der Waals surface area contributed by atoms with Crippen molar-refractivity contribution in [2.24, 2.45) is 0 Å². The Balaban J connectivity index is 2.04. The lowest BCUT2D eigenvalue weighted by Gasteiger charge is -2.21. The maximum Gasteiger partial charge on any atom is 0.0427 e. The van der Waals surface area contributed by atoms with Crippen LogP contribution in [0.1, 0.15) is 37.4 Å². The van der Waals surface area contributed by atoms with Gasteiger partial charge in [-0.2, -0.15) is 0 Å². The molecule has 2 rings (SSSR count). The van der Waals surface area contributed by atoms with Crippen LogP contribution in [-0.2, 0) is 6.54 Å². The van der Waals surface area contributed by atoms with Crippen LogP contribution >= 0.6 is 0 Å². The number of anilines is 1. The molecule has 1 N–H and O–H groups in total. The van der Waals surface area contributed by atoms with E-state index < -0.39 is 0 Å². The van der Waals surface area contributed by atoms with Gasteiger partial charge >= 0.3 is 0 Å². The van der Waals surface area contributed by atoms with Gasteiger partial charge in [0.2, 0.25) is 0 Å².